The molecule has 3 aromatic carbocycles. The molecule has 5 rings (SSSR count). The van der Waals surface area contributed by atoms with E-state index in [0.717, 1.165) is 35.5 Å². The van der Waals surface area contributed by atoms with Crippen LogP contribution in [0.4, 0.5) is 14.5 Å². The third-order valence-electron chi connectivity index (χ3n) is 6.90. The summed E-state index contributed by atoms with van der Waals surface area (Å²) in [6.07, 6.45) is 3.65. The number of nitrogens with zero attached hydrogens (tertiary/aromatic N) is 3. The summed E-state index contributed by atoms with van der Waals surface area (Å²) in [7, 11) is 0. The number of halogens is 2. The summed E-state index contributed by atoms with van der Waals surface area (Å²) < 4.78 is 29.2. The lowest BCUT2D eigenvalue weighted by molar-refractivity contribution is -0.134. The summed E-state index contributed by atoms with van der Waals surface area (Å²) in [5, 5.41) is 0. The lowest BCUT2D eigenvalue weighted by atomic mass is 9.97. The van der Waals surface area contributed by atoms with Gasteiger partial charge in [-0.1, -0.05) is 49.7 Å². The van der Waals surface area contributed by atoms with Gasteiger partial charge in [-0.2, -0.15) is 0 Å². The van der Waals surface area contributed by atoms with Crippen LogP contribution in [0.5, 0.6) is 0 Å². The number of unbranched alkanes of at least 4 members (excludes halogenated alkanes) is 1. The van der Waals surface area contributed by atoms with Crippen molar-refractivity contribution in [1.29, 1.82) is 0 Å². The number of hydrogen-bond donors (Lipinski definition) is 0. The van der Waals surface area contributed by atoms with Crippen LogP contribution >= 0.6 is 0 Å². The van der Waals surface area contributed by atoms with Crippen LogP contribution < -0.4 is 4.90 Å². The monoisotopic (exact) mass is 513 g/mol. The molecule has 1 unspecified atom stereocenters. The summed E-state index contributed by atoms with van der Waals surface area (Å²) >= 11 is 0. The standard InChI is InChI=1S/C31H29F2N3O2/c1-2-3-18-34(29(37)20-22-10-14-24(32)15-11-22)21-30(38)36-27-8-5-4-7-26(27)35-19-6-9-28(35)31(36)23-12-16-25(33)17-13-23/h4-17,19,31H,2-3,18,20-21H2,1H3. The third kappa shape index (κ3) is 5.09. The lowest BCUT2D eigenvalue weighted by Gasteiger charge is -2.39. The van der Waals surface area contributed by atoms with E-state index in [-0.39, 0.29) is 36.4 Å². The molecule has 38 heavy (non-hydrogen) atoms. The summed E-state index contributed by atoms with van der Waals surface area (Å²) in [4.78, 5) is 30.8. The summed E-state index contributed by atoms with van der Waals surface area (Å²) in [6.45, 7) is 2.37. The minimum absolute atomic E-state index is 0.0815. The normalized spacial score (nSPS) is 14.1. The zero-order valence-corrected chi connectivity index (χ0v) is 21.2. The Morgan fingerprint density at radius 1 is 0.842 bits per heavy atom. The maximum atomic E-state index is 14.1. The van der Waals surface area contributed by atoms with E-state index < -0.39 is 6.04 Å². The zero-order chi connectivity index (χ0) is 26.6. The predicted octanol–water partition coefficient (Wildman–Crippen LogP) is 6.06. The van der Waals surface area contributed by atoms with Crippen molar-refractivity contribution < 1.29 is 18.4 Å². The van der Waals surface area contributed by atoms with E-state index >= 15 is 0 Å². The number of anilines is 1. The zero-order valence-electron chi connectivity index (χ0n) is 21.2. The average molecular weight is 514 g/mol. The molecule has 0 fully saturated rings. The Morgan fingerprint density at radius 2 is 1.50 bits per heavy atom. The van der Waals surface area contributed by atoms with Crippen molar-refractivity contribution in [2.45, 2.75) is 32.2 Å². The van der Waals surface area contributed by atoms with Gasteiger partial charge in [0.15, 0.2) is 0 Å². The Morgan fingerprint density at radius 3 is 2.18 bits per heavy atom. The first-order valence-corrected chi connectivity index (χ1v) is 12.8. The Bertz CT molecular complexity index is 1430. The van der Waals surface area contributed by atoms with Crippen LogP contribution in [-0.4, -0.2) is 34.4 Å². The van der Waals surface area contributed by atoms with Crippen molar-refractivity contribution in [2.24, 2.45) is 0 Å². The highest BCUT2D eigenvalue weighted by atomic mass is 19.1. The fourth-order valence-electron chi connectivity index (χ4n) is 4.99. The molecule has 0 N–H and O–H groups in total. The quantitative estimate of drug-likeness (QED) is 0.287. The maximum Gasteiger partial charge on any atom is 0.247 e. The molecule has 1 aliphatic heterocycles. The highest BCUT2D eigenvalue weighted by Gasteiger charge is 2.36. The van der Waals surface area contributed by atoms with Gasteiger partial charge >= 0.3 is 0 Å². The largest absolute Gasteiger partial charge is 0.333 e. The molecule has 0 aliphatic carbocycles. The van der Waals surface area contributed by atoms with Crippen LogP contribution in [0.15, 0.2) is 91.1 Å². The van der Waals surface area contributed by atoms with Crippen molar-refractivity contribution in [3.63, 3.8) is 0 Å². The van der Waals surface area contributed by atoms with Crippen molar-refractivity contribution in [3.8, 4) is 5.69 Å². The highest BCUT2D eigenvalue weighted by molar-refractivity contribution is 6.00. The van der Waals surface area contributed by atoms with Gasteiger partial charge in [0.2, 0.25) is 11.8 Å². The first kappa shape index (κ1) is 25.4. The van der Waals surface area contributed by atoms with Gasteiger partial charge in [0, 0.05) is 12.7 Å². The van der Waals surface area contributed by atoms with E-state index in [0.29, 0.717) is 12.1 Å². The number of hydrogen-bond acceptors (Lipinski definition) is 2. The maximum absolute atomic E-state index is 14.1. The first-order chi connectivity index (χ1) is 18.5. The summed E-state index contributed by atoms with van der Waals surface area (Å²) in [5.41, 5.74) is 3.91. The Balaban J connectivity index is 1.49. The third-order valence-corrected chi connectivity index (χ3v) is 6.90. The number of benzene rings is 3. The molecular weight excluding hydrogens is 484 g/mol. The second kappa shape index (κ2) is 11.0. The topological polar surface area (TPSA) is 45.6 Å². The number of fused-ring (bicyclic) bond motifs is 3. The molecule has 2 heterocycles. The molecule has 7 heteroatoms. The number of carbonyl (C=O) groups is 2. The molecule has 0 spiro atoms. The molecule has 1 atom stereocenters. The van der Waals surface area contributed by atoms with Crippen molar-refractivity contribution in [1.82, 2.24) is 9.47 Å². The van der Waals surface area contributed by atoms with Crippen LogP contribution in [0.2, 0.25) is 0 Å². The summed E-state index contributed by atoms with van der Waals surface area (Å²) in [6, 6.07) is 23.1. The fourth-order valence-corrected chi connectivity index (χ4v) is 4.99. The molecule has 194 valence electrons. The van der Waals surface area contributed by atoms with Crippen molar-refractivity contribution in [2.75, 3.05) is 18.0 Å². The van der Waals surface area contributed by atoms with Crippen LogP contribution in [-0.2, 0) is 16.0 Å². The molecule has 0 bridgehead atoms. The van der Waals surface area contributed by atoms with Crippen LogP contribution in [0.25, 0.3) is 5.69 Å². The Labute approximate surface area is 220 Å². The van der Waals surface area contributed by atoms with Gasteiger partial charge in [-0.25, -0.2) is 8.78 Å². The summed E-state index contributed by atoms with van der Waals surface area (Å²) in [5.74, 6) is -1.14. The number of para-hydroxylation sites is 2. The minimum Gasteiger partial charge on any atom is -0.333 e. The number of rotatable bonds is 8. The molecule has 1 aliphatic rings. The Hall–Kier alpha value is -4.26. The average Bonchev–Trinajstić information content (AvgIpc) is 3.42. The van der Waals surface area contributed by atoms with E-state index in [2.05, 4.69) is 0 Å². The molecule has 2 amide bonds. The van der Waals surface area contributed by atoms with Crippen LogP contribution in [0.3, 0.4) is 0 Å². The smallest absolute Gasteiger partial charge is 0.247 e. The van der Waals surface area contributed by atoms with Gasteiger partial charge < -0.3 is 9.47 Å². The van der Waals surface area contributed by atoms with Gasteiger partial charge in [0.25, 0.3) is 0 Å². The van der Waals surface area contributed by atoms with E-state index in [1.54, 1.807) is 34.1 Å². The van der Waals surface area contributed by atoms with Gasteiger partial charge in [-0.05, 0) is 66.1 Å². The SMILES string of the molecule is CCCCN(CC(=O)N1c2ccccc2-n2cccc2C1c1ccc(F)cc1)C(=O)Cc1ccc(F)cc1. The first-order valence-electron chi connectivity index (χ1n) is 12.8. The lowest BCUT2D eigenvalue weighted by Crippen LogP contribution is -2.47. The molecular formula is C31H29F2N3O2. The molecule has 1 aromatic heterocycles. The molecule has 0 radical (unpaired) electrons. The molecule has 4 aromatic rings. The van der Waals surface area contributed by atoms with Gasteiger partial charge in [-0.15, -0.1) is 0 Å². The Kier molecular flexibility index (Phi) is 7.36. The van der Waals surface area contributed by atoms with E-state index in [9.17, 15) is 18.4 Å². The number of aromatic nitrogens is 1. The van der Waals surface area contributed by atoms with Crippen molar-refractivity contribution >= 4 is 17.5 Å². The van der Waals surface area contributed by atoms with E-state index in [1.807, 2.05) is 54.1 Å². The van der Waals surface area contributed by atoms with E-state index in [1.165, 1.54) is 24.3 Å². The van der Waals surface area contributed by atoms with E-state index in [4.69, 9.17) is 0 Å². The predicted molar refractivity (Wildman–Crippen MR) is 143 cm³/mol. The van der Waals surface area contributed by atoms with Gasteiger partial charge in [0.05, 0.1) is 23.5 Å². The number of carbonyl (C=O) groups excluding carboxylic acids is 2. The number of amides is 2. The van der Waals surface area contributed by atoms with Crippen LogP contribution in [0.1, 0.15) is 42.6 Å². The van der Waals surface area contributed by atoms with Crippen LogP contribution in [0, 0.1) is 11.6 Å². The fraction of sp³-hybridized carbons (Fsp3) is 0.226. The minimum atomic E-state index is -0.492. The van der Waals surface area contributed by atoms with Crippen molar-refractivity contribution in [3.05, 3.63) is 120 Å². The highest BCUT2D eigenvalue weighted by Crippen LogP contribution is 2.42. The molecule has 0 saturated carbocycles. The second-order valence-electron chi connectivity index (χ2n) is 9.48. The molecule has 5 nitrogen and oxygen atoms in total. The van der Waals surface area contributed by atoms with Gasteiger partial charge in [0.1, 0.15) is 24.2 Å². The van der Waals surface area contributed by atoms with Gasteiger partial charge in [-0.3, -0.25) is 14.5 Å². The molecule has 0 saturated heterocycles. The second-order valence-corrected chi connectivity index (χ2v) is 9.48.